The third-order valence-electron chi connectivity index (χ3n) is 6.60. The number of pyridine rings is 1. The molecule has 0 aliphatic rings. The van der Waals surface area contributed by atoms with Gasteiger partial charge in [-0.05, 0) is 43.3 Å². The van der Waals surface area contributed by atoms with Crippen LogP contribution in [0, 0.1) is 6.92 Å². The number of carboxylic acids is 1. The number of aliphatic carboxylic acids is 1. The first kappa shape index (κ1) is 26.1. The van der Waals surface area contributed by atoms with Crippen molar-refractivity contribution in [3.63, 3.8) is 0 Å². The van der Waals surface area contributed by atoms with Crippen molar-refractivity contribution < 1.29 is 9.90 Å². The number of nitrogens with zero attached hydrogens (tertiary/aromatic N) is 4. The van der Waals surface area contributed by atoms with E-state index in [-0.39, 0.29) is 16.9 Å². The second-order valence-corrected chi connectivity index (χ2v) is 10.2. The lowest BCUT2D eigenvalue weighted by molar-refractivity contribution is -0.131. The Balaban J connectivity index is 1.72. The number of benzene rings is 3. The number of nitrogens with one attached hydrogen (secondary N) is 1. The molecule has 0 spiro atoms. The highest BCUT2D eigenvalue weighted by atomic mass is 79.9. The van der Waals surface area contributed by atoms with E-state index in [1.807, 2.05) is 103 Å². The number of rotatable bonds is 6. The van der Waals surface area contributed by atoms with Gasteiger partial charge in [0.25, 0.3) is 5.56 Å². The molecule has 0 amide bonds. The molecule has 8 nitrogen and oxygen atoms in total. The van der Waals surface area contributed by atoms with Crippen molar-refractivity contribution in [2.45, 2.75) is 6.92 Å². The molecular formula is C32H22BrN5O3. The lowest BCUT2D eigenvalue weighted by atomic mass is 9.95. The van der Waals surface area contributed by atoms with Crippen LogP contribution in [0.25, 0.3) is 56.4 Å². The van der Waals surface area contributed by atoms with Crippen molar-refractivity contribution >= 4 is 39.0 Å². The van der Waals surface area contributed by atoms with Gasteiger partial charge in [-0.3, -0.25) is 4.79 Å². The van der Waals surface area contributed by atoms with E-state index in [4.69, 9.17) is 15.2 Å². The molecule has 2 N–H and O–H groups in total. The Morgan fingerprint density at radius 2 is 1.61 bits per heavy atom. The molecule has 0 unspecified atom stereocenters. The summed E-state index contributed by atoms with van der Waals surface area (Å²) in [7, 11) is 0. The molecule has 0 radical (unpaired) electrons. The third kappa shape index (κ3) is 5.10. The fourth-order valence-corrected chi connectivity index (χ4v) is 5.08. The smallest absolute Gasteiger partial charge is 0.328 e. The summed E-state index contributed by atoms with van der Waals surface area (Å²) in [5.41, 5.74) is 5.92. The minimum absolute atomic E-state index is 0.0938. The zero-order chi connectivity index (χ0) is 28.5. The van der Waals surface area contributed by atoms with Gasteiger partial charge in [-0.15, -0.1) is 0 Å². The molecule has 200 valence electrons. The number of hydrogen-bond acceptors (Lipinski definition) is 5. The molecule has 0 fully saturated rings. The molecule has 0 bridgehead atoms. The SMILES string of the molecule is Cc1nn(-c2ccccc2)c(-c2ccccc2)c1-c1cc(-c2ccc(Br)cc2)nc2nc(/C=C/C(=O)O)[nH]c(=O)c12. The van der Waals surface area contributed by atoms with Crippen LogP contribution in [0.15, 0.2) is 106 Å². The number of fused-ring (bicyclic) bond motifs is 1. The predicted molar refractivity (Wildman–Crippen MR) is 163 cm³/mol. The molecule has 3 aromatic carbocycles. The van der Waals surface area contributed by atoms with Crippen LogP contribution in [-0.4, -0.2) is 35.8 Å². The molecule has 3 aromatic heterocycles. The van der Waals surface area contributed by atoms with Crippen molar-refractivity contribution in [3.8, 4) is 39.3 Å². The molecule has 0 saturated carbocycles. The maximum atomic E-state index is 13.6. The minimum Gasteiger partial charge on any atom is -0.478 e. The summed E-state index contributed by atoms with van der Waals surface area (Å²) in [4.78, 5) is 36.7. The largest absolute Gasteiger partial charge is 0.478 e. The maximum absolute atomic E-state index is 13.6. The fraction of sp³-hybridized carbons (Fsp3) is 0.0312. The molecule has 0 saturated heterocycles. The molecule has 0 aliphatic carbocycles. The van der Waals surface area contributed by atoms with Crippen LogP contribution in [0.5, 0.6) is 0 Å². The number of hydrogen-bond donors (Lipinski definition) is 2. The molecule has 0 atom stereocenters. The highest BCUT2D eigenvalue weighted by Gasteiger charge is 2.24. The standard InChI is InChI=1S/C32H22BrN5O3/c1-19-28(30(21-8-4-2-5-9-21)38(37-19)23-10-6-3-7-11-23)24-18-25(20-12-14-22(33)15-13-20)34-31-29(24)32(41)36-26(35-31)16-17-27(39)40/h2-18H,1H3,(H,39,40)(H,34,35,36,41)/b17-16+. The van der Waals surface area contributed by atoms with Gasteiger partial charge in [-0.25, -0.2) is 19.4 Å². The number of para-hydroxylation sites is 1. The van der Waals surface area contributed by atoms with Crippen molar-refractivity contribution in [1.82, 2.24) is 24.7 Å². The molecular weight excluding hydrogens is 582 g/mol. The van der Waals surface area contributed by atoms with E-state index >= 15 is 0 Å². The second-order valence-electron chi connectivity index (χ2n) is 9.31. The van der Waals surface area contributed by atoms with Crippen LogP contribution in [-0.2, 0) is 4.79 Å². The average molecular weight is 604 g/mol. The van der Waals surface area contributed by atoms with E-state index < -0.39 is 11.5 Å². The third-order valence-corrected chi connectivity index (χ3v) is 7.13. The van der Waals surface area contributed by atoms with E-state index in [0.29, 0.717) is 11.3 Å². The summed E-state index contributed by atoms with van der Waals surface area (Å²) in [5, 5.41) is 14.3. The van der Waals surface area contributed by atoms with Gasteiger partial charge in [0, 0.05) is 32.8 Å². The Morgan fingerprint density at radius 3 is 2.29 bits per heavy atom. The van der Waals surface area contributed by atoms with Gasteiger partial charge in [0.1, 0.15) is 5.82 Å². The molecule has 0 aliphatic heterocycles. The van der Waals surface area contributed by atoms with Crippen molar-refractivity contribution in [2.24, 2.45) is 0 Å². The van der Waals surface area contributed by atoms with Crippen LogP contribution >= 0.6 is 15.9 Å². The summed E-state index contributed by atoms with van der Waals surface area (Å²) >= 11 is 3.48. The zero-order valence-electron chi connectivity index (χ0n) is 21.7. The summed E-state index contributed by atoms with van der Waals surface area (Å²) in [6, 6.07) is 29.3. The highest BCUT2D eigenvalue weighted by molar-refractivity contribution is 9.10. The topological polar surface area (TPSA) is 114 Å². The van der Waals surface area contributed by atoms with E-state index in [9.17, 15) is 9.59 Å². The van der Waals surface area contributed by atoms with Gasteiger partial charge in [0.05, 0.1) is 28.2 Å². The molecule has 6 aromatic rings. The van der Waals surface area contributed by atoms with Crippen LogP contribution in [0.3, 0.4) is 0 Å². The monoisotopic (exact) mass is 603 g/mol. The first-order valence-electron chi connectivity index (χ1n) is 12.7. The predicted octanol–water partition coefficient (Wildman–Crippen LogP) is 6.67. The Morgan fingerprint density at radius 1 is 0.927 bits per heavy atom. The number of halogens is 1. The highest BCUT2D eigenvalue weighted by Crippen LogP contribution is 2.40. The van der Waals surface area contributed by atoms with E-state index in [1.54, 1.807) is 0 Å². The summed E-state index contributed by atoms with van der Waals surface area (Å²) in [6.07, 6.45) is 2.16. The van der Waals surface area contributed by atoms with Gasteiger partial charge in [0.2, 0.25) is 0 Å². The van der Waals surface area contributed by atoms with Crippen molar-refractivity contribution in [3.05, 3.63) is 123 Å². The van der Waals surface area contributed by atoms with Crippen LogP contribution in [0.2, 0.25) is 0 Å². The molecule has 3 heterocycles. The number of aromatic nitrogens is 5. The van der Waals surface area contributed by atoms with Gasteiger partial charge in [0.15, 0.2) is 5.65 Å². The van der Waals surface area contributed by atoms with Crippen molar-refractivity contribution in [1.29, 1.82) is 0 Å². The Bertz CT molecular complexity index is 2000. The summed E-state index contributed by atoms with van der Waals surface area (Å²) < 4.78 is 2.81. The molecule has 41 heavy (non-hydrogen) atoms. The van der Waals surface area contributed by atoms with Gasteiger partial charge in [-0.2, -0.15) is 5.10 Å². The average Bonchev–Trinajstić information content (AvgIpc) is 3.33. The number of H-pyrrole nitrogens is 1. The van der Waals surface area contributed by atoms with E-state index in [1.165, 1.54) is 6.08 Å². The number of carbonyl (C=O) groups is 1. The van der Waals surface area contributed by atoms with Gasteiger partial charge in [-0.1, -0.05) is 76.6 Å². The minimum atomic E-state index is -1.15. The van der Waals surface area contributed by atoms with Crippen LogP contribution in [0.4, 0.5) is 0 Å². The second kappa shape index (κ2) is 10.8. The van der Waals surface area contributed by atoms with Crippen molar-refractivity contribution in [2.75, 3.05) is 0 Å². The summed E-state index contributed by atoms with van der Waals surface area (Å²) in [6.45, 7) is 1.92. The Hall–Kier alpha value is -5.15. The number of carboxylic acid groups (broad SMARTS) is 1. The normalized spacial score (nSPS) is 11.4. The molecule has 6 rings (SSSR count). The zero-order valence-corrected chi connectivity index (χ0v) is 23.3. The van der Waals surface area contributed by atoms with Gasteiger partial charge < -0.3 is 10.1 Å². The van der Waals surface area contributed by atoms with Crippen LogP contribution in [0.1, 0.15) is 11.5 Å². The summed E-state index contributed by atoms with van der Waals surface area (Å²) in [5.74, 6) is -1.06. The lowest BCUT2D eigenvalue weighted by Gasteiger charge is -2.13. The van der Waals surface area contributed by atoms with Gasteiger partial charge >= 0.3 is 5.97 Å². The van der Waals surface area contributed by atoms with E-state index in [0.717, 1.165) is 44.3 Å². The maximum Gasteiger partial charge on any atom is 0.328 e. The van der Waals surface area contributed by atoms with Crippen LogP contribution < -0.4 is 5.56 Å². The fourth-order valence-electron chi connectivity index (χ4n) is 4.82. The quantitative estimate of drug-likeness (QED) is 0.205. The number of aryl methyl sites for hydroxylation is 1. The first-order chi connectivity index (χ1) is 19.9. The lowest BCUT2D eigenvalue weighted by Crippen LogP contribution is -2.13. The number of aromatic amines is 1. The molecule has 9 heteroatoms. The Kier molecular flexibility index (Phi) is 6.86. The first-order valence-corrected chi connectivity index (χ1v) is 13.5. The Labute approximate surface area is 242 Å². The van der Waals surface area contributed by atoms with E-state index in [2.05, 4.69) is 25.9 Å².